The Morgan fingerprint density at radius 3 is 2.50 bits per heavy atom. The third-order valence-electron chi connectivity index (χ3n) is 3.52. The van der Waals surface area contributed by atoms with Crippen LogP contribution < -0.4 is 9.64 Å². The number of benzene rings is 1. The second-order valence-electron chi connectivity index (χ2n) is 4.77. The molecule has 5 nitrogen and oxygen atoms in total. The predicted octanol–water partition coefficient (Wildman–Crippen LogP) is 2.79. The number of anilines is 1. The number of carbonyl (C=O) groups excluding carboxylic acids is 1. The highest BCUT2D eigenvalue weighted by Crippen LogP contribution is 2.38. The van der Waals surface area contributed by atoms with Crippen molar-refractivity contribution < 1.29 is 14.3 Å². The van der Waals surface area contributed by atoms with Crippen molar-refractivity contribution in [2.24, 2.45) is 0 Å². The number of allylic oxidation sites excluding steroid dienone is 2. The van der Waals surface area contributed by atoms with E-state index in [4.69, 9.17) is 21.7 Å². The van der Waals surface area contributed by atoms with Gasteiger partial charge in [0.2, 0.25) is 5.88 Å². The first-order valence-corrected chi connectivity index (χ1v) is 7.56. The van der Waals surface area contributed by atoms with Crippen molar-refractivity contribution in [3.63, 3.8) is 0 Å². The molecule has 6 heteroatoms. The van der Waals surface area contributed by atoms with Gasteiger partial charge in [0.1, 0.15) is 0 Å². The molecule has 0 aliphatic carbocycles. The van der Waals surface area contributed by atoms with E-state index in [0.717, 1.165) is 18.0 Å². The topological polar surface area (TPSA) is 42.0 Å². The standard InChI is InChI=1S/C16H16N2O3S/c1-3-17-11-7-5-6-8-12(11)20-14(17)10-9-13-15(19)18(4-2)16(22)21-13/h5-10H,3-4H2,1-2H3. The Morgan fingerprint density at radius 2 is 1.82 bits per heavy atom. The minimum Gasteiger partial charge on any atom is -0.439 e. The molecule has 0 aromatic heterocycles. The average Bonchev–Trinajstić information content (AvgIpc) is 3.01. The summed E-state index contributed by atoms with van der Waals surface area (Å²) in [5.74, 6) is 1.46. The highest BCUT2D eigenvalue weighted by Gasteiger charge is 2.32. The van der Waals surface area contributed by atoms with E-state index < -0.39 is 0 Å². The molecule has 22 heavy (non-hydrogen) atoms. The average molecular weight is 316 g/mol. The van der Waals surface area contributed by atoms with Crippen LogP contribution in [0.3, 0.4) is 0 Å². The maximum absolute atomic E-state index is 12.1. The fourth-order valence-corrected chi connectivity index (χ4v) is 2.74. The second kappa shape index (κ2) is 5.81. The lowest BCUT2D eigenvalue weighted by atomic mass is 10.3. The predicted molar refractivity (Wildman–Crippen MR) is 87.3 cm³/mol. The van der Waals surface area contributed by atoms with Gasteiger partial charge in [0.25, 0.3) is 11.1 Å². The first-order valence-electron chi connectivity index (χ1n) is 7.15. The van der Waals surface area contributed by atoms with Crippen LogP contribution in [-0.4, -0.2) is 29.1 Å². The second-order valence-corrected chi connectivity index (χ2v) is 5.12. The van der Waals surface area contributed by atoms with Crippen LogP contribution >= 0.6 is 12.2 Å². The molecule has 0 saturated carbocycles. The number of rotatable bonds is 3. The first-order chi connectivity index (χ1) is 10.7. The summed E-state index contributed by atoms with van der Waals surface area (Å²) < 4.78 is 11.1. The fraction of sp³-hybridized carbons (Fsp3) is 0.250. The molecule has 0 atom stereocenters. The molecule has 0 N–H and O–H groups in total. The first kappa shape index (κ1) is 14.6. The number of fused-ring (bicyclic) bond motifs is 1. The number of carbonyl (C=O) groups is 1. The zero-order chi connectivity index (χ0) is 15.7. The van der Waals surface area contributed by atoms with E-state index in [-0.39, 0.29) is 16.8 Å². The molecule has 114 valence electrons. The zero-order valence-corrected chi connectivity index (χ0v) is 13.2. The van der Waals surface area contributed by atoms with E-state index in [9.17, 15) is 4.79 Å². The van der Waals surface area contributed by atoms with E-state index in [2.05, 4.69) is 0 Å². The third-order valence-corrected chi connectivity index (χ3v) is 3.82. The molecular formula is C16H16N2O3S. The zero-order valence-electron chi connectivity index (χ0n) is 12.4. The number of ether oxygens (including phenoxy) is 2. The molecule has 2 aliphatic rings. The normalized spacial score (nSPS) is 20.6. The van der Waals surface area contributed by atoms with Gasteiger partial charge in [-0.3, -0.25) is 9.69 Å². The largest absolute Gasteiger partial charge is 0.439 e. The van der Waals surface area contributed by atoms with E-state index in [1.54, 1.807) is 12.2 Å². The van der Waals surface area contributed by atoms with Crippen LogP contribution in [0.2, 0.25) is 0 Å². The minimum absolute atomic E-state index is 0.195. The Balaban J connectivity index is 1.87. The third kappa shape index (κ3) is 2.35. The van der Waals surface area contributed by atoms with Crippen molar-refractivity contribution in [1.29, 1.82) is 0 Å². The van der Waals surface area contributed by atoms with Crippen LogP contribution in [0.25, 0.3) is 0 Å². The van der Waals surface area contributed by atoms with E-state index >= 15 is 0 Å². The van der Waals surface area contributed by atoms with Gasteiger partial charge < -0.3 is 14.4 Å². The van der Waals surface area contributed by atoms with Gasteiger partial charge >= 0.3 is 0 Å². The molecule has 2 aliphatic heterocycles. The van der Waals surface area contributed by atoms with Crippen molar-refractivity contribution in [2.45, 2.75) is 13.8 Å². The molecule has 1 amide bonds. The van der Waals surface area contributed by atoms with E-state index in [1.165, 1.54) is 4.90 Å². The van der Waals surface area contributed by atoms with Crippen molar-refractivity contribution in [3.8, 4) is 5.75 Å². The summed E-state index contributed by atoms with van der Waals surface area (Å²) >= 11 is 5.03. The van der Waals surface area contributed by atoms with Crippen molar-refractivity contribution in [1.82, 2.24) is 4.90 Å². The van der Waals surface area contributed by atoms with Gasteiger partial charge in [-0.05, 0) is 44.3 Å². The highest BCUT2D eigenvalue weighted by molar-refractivity contribution is 7.80. The SMILES string of the molecule is CCN1C(=O)C(=CC=C2Oc3ccccc3N2CC)OC1=S. The molecule has 2 heterocycles. The molecule has 0 radical (unpaired) electrons. The molecule has 1 saturated heterocycles. The van der Waals surface area contributed by atoms with Gasteiger partial charge in [-0.25, -0.2) is 0 Å². The molecule has 1 aromatic rings. The van der Waals surface area contributed by atoms with E-state index in [1.807, 2.05) is 43.0 Å². The Hall–Kier alpha value is -2.34. The summed E-state index contributed by atoms with van der Waals surface area (Å²) in [5, 5.41) is 0.195. The van der Waals surface area contributed by atoms with Crippen molar-refractivity contribution in [2.75, 3.05) is 18.0 Å². The molecule has 0 unspecified atom stereocenters. The molecule has 1 fully saturated rings. The summed E-state index contributed by atoms with van der Waals surface area (Å²) in [4.78, 5) is 15.5. The lowest BCUT2D eigenvalue weighted by Gasteiger charge is -2.14. The van der Waals surface area contributed by atoms with Crippen molar-refractivity contribution >= 4 is 29.0 Å². The summed E-state index contributed by atoms with van der Waals surface area (Å²) in [6, 6.07) is 7.80. The van der Waals surface area contributed by atoms with Crippen LogP contribution in [-0.2, 0) is 9.53 Å². The van der Waals surface area contributed by atoms with Gasteiger partial charge in [0, 0.05) is 19.2 Å². The Bertz CT molecular complexity index is 696. The molecule has 3 rings (SSSR count). The lowest BCUT2D eigenvalue weighted by molar-refractivity contribution is -0.122. The summed E-state index contributed by atoms with van der Waals surface area (Å²) in [6.07, 6.45) is 3.34. The van der Waals surface area contributed by atoms with Crippen molar-refractivity contribution in [3.05, 3.63) is 48.1 Å². The number of nitrogens with zero attached hydrogens (tertiary/aromatic N) is 2. The van der Waals surface area contributed by atoms with Gasteiger partial charge in [-0.1, -0.05) is 12.1 Å². The number of hydrogen-bond donors (Lipinski definition) is 0. The quantitative estimate of drug-likeness (QED) is 0.633. The fourth-order valence-electron chi connectivity index (χ4n) is 2.44. The molecule has 0 bridgehead atoms. The van der Waals surface area contributed by atoms with Crippen LogP contribution in [0.15, 0.2) is 48.1 Å². The van der Waals surface area contributed by atoms with Crippen LogP contribution in [0.5, 0.6) is 5.75 Å². The smallest absolute Gasteiger partial charge is 0.297 e. The maximum atomic E-state index is 12.1. The number of thiocarbonyl (C=S) groups is 1. The number of hydrogen-bond acceptors (Lipinski definition) is 5. The molecular weight excluding hydrogens is 300 g/mol. The molecule has 1 aromatic carbocycles. The Labute approximate surface area is 134 Å². The van der Waals surface area contributed by atoms with Gasteiger partial charge in [-0.15, -0.1) is 0 Å². The minimum atomic E-state index is -0.220. The van der Waals surface area contributed by atoms with E-state index in [0.29, 0.717) is 12.4 Å². The van der Waals surface area contributed by atoms with Gasteiger partial charge in [0.15, 0.2) is 11.5 Å². The number of amides is 1. The number of para-hydroxylation sites is 2. The summed E-state index contributed by atoms with van der Waals surface area (Å²) in [7, 11) is 0. The number of likely N-dealkylation sites (N-methyl/N-ethyl adjacent to an activating group) is 1. The Kier molecular flexibility index (Phi) is 3.85. The Morgan fingerprint density at radius 1 is 1.09 bits per heavy atom. The highest BCUT2D eigenvalue weighted by atomic mass is 32.1. The summed E-state index contributed by atoms with van der Waals surface area (Å²) in [6.45, 7) is 5.15. The maximum Gasteiger partial charge on any atom is 0.297 e. The van der Waals surface area contributed by atoms with Crippen LogP contribution in [0, 0.1) is 0 Å². The van der Waals surface area contributed by atoms with Gasteiger partial charge in [0.05, 0.1) is 5.69 Å². The van der Waals surface area contributed by atoms with Gasteiger partial charge in [-0.2, -0.15) is 0 Å². The van der Waals surface area contributed by atoms with Crippen LogP contribution in [0.1, 0.15) is 13.8 Å². The monoisotopic (exact) mass is 316 g/mol. The molecule has 0 spiro atoms. The van der Waals surface area contributed by atoms with Crippen LogP contribution in [0.4, 0.5) is 5.69 Å². The lowest BCUT2D eigenvalue weighted by Crippen LogP contribution is -2.27. The summed E-state index contributed by atoms with van der Waals surface area (Å²) in [5.41, 5.74) is 1.01.